The van der Waals surface area contributed by atoms with E-state index in [1.54, 1.807) is 11.9 Å². The van der Waals surface area contributed by atoms with Gasteiger partial charge in [0.2, 0.25) is 5.91 Å². The van der Waals surface area contributed by atoms with Crippen LogP contribution in [0, 0.1) is 11.8 Å². The number of piperidine rings is 1. The van der Waals surface area contributed by atoms with Crippen LogP contribution in [0.2, 0.25) is 0 Å². The van der Waals surface area contributed by atoms with Gasteiger partial charge in [-0.3, -0.25) is 9.59 Å². The fraction of sp³-hybridized carbons (Fsp3) is 0.600. The van der Waals surface area contributed by atoms with Gasteiger partial charge in [0.15, 0.2) is 0 Å². The second kappa shape index (κ2) is 8.48. The van der Waals surface area contributed by atoms with Gasteiger partial charge in [0.1, 0.15) is 0 Å². The molecule has 1 heterocycles. The van der Waals surface area contributed by atoms with Crippen LogP contribution in [0.3, 0.4) is 0 Å². The number of aliphatic hydroxyl groups is 1. The molecule has 0 spiro atoms. The molecule has 2 rings (SSSR count). The Hall–Kier alpha value is -1.88. The number of benzene rings is 1. The summed E-state index contributed by atoms with van der Waals surface area (Å²) < 4.78 is 0. The highest BCUT2D eigenvalue weighted by Gasteiger charge is 2.29. The molecule has 1 fully saturated rings. The van der Waals surface area contributed by atoms with Crippen LogP contribution < -0.4 is 0 Å². The molecule has 1 aromatic carbocycles. The van der Waals surface area contributed by atoms with Crippen molar-refractivity contribution in [1.29, 1.82) is 0 Å². The van der Waals surface area contributed by atoms with Gasteiger partial charge in [-0.2, -0.15) is 0 Å². The molecule has 2 unspecified atom stereocenters. The summed E-state index contributed by atoms with van der Waals surface area (Å²) in [5.74, 6) is 0.280. The zero-order valence-electron chi connectivity index (χ0n) is 15.7. The lowest BCUT2D eigenvalue weighted by Gasteiger charge is -2.37. The summed E-state index contributed by atoms with van der Waals surface area (Å²) >= 11 is 0. The normalized spacial score (nSPS) is 20.6. The Morgan fingerprint density at radius 3 is 2.44 bits per heavy atom. The number of amides is 2. The second-order valence-electron chi connectivity index (χ2n) is 7.48. The Morgan fingerprint density at radius 2 is 1.88 bits per heavy atom. The Balaban J connectivity index is 2.03. The van der Waals surface area contributed by atoms with Gasteiger partial charge in [-0.15, -0.1) is 0 Å². The predicted molar refractivity (Wildman–Crippen MR) is 98.1 cm³/mol. The van der Waals surface area contributed by atoms with Crippen LogP contribution in [0.15, 0.2) is 24.3 Å². The Labute approximate surface area is 150 Å². The van der Waals surface area contributed by atoms with Crippen LogP contribution >= 0.6 is 0 Å². The molecule has 25 heavy (non-hydrogen) atoms. The van der Waals surface area contributed by atoms with Gasteiger partial charge in [0.25, 0.3) is 5.91 Å². The van der Waals surface area contributed by atoms with E-state index < -0.39 is 0 Å². The molecular formula is C20H30N2O3. The van der Waals surface area contributed by atoms with Crippen molar-refractivity contribution < 1.29 is 14.7 Å². The van der Waals surface area contributed by atoms with E-state index in [4.69, 9.17) is 0 Å². The standard InChI is InChI=1S/C20H30N2O3/c1-14(2)19(24)21(4)11-16-7-9-18(10-8-16)20(25)22-12-17(13-23)6-5-15(22)3/h7-10,14-15,17,23H,5-6,11-13H2,1-4H3. The highest BCUT2D eigenvalue weighted by Crippen LogP contribution is 2.23. The fourth-order valence-electron chi connectivity index (χ4n) is 3.33. The quantitative estimate of drug-likeness (QED) is 0.891. The van der Waals surface area contributed by atoms with Gasteiger partial charge in [0, 0.05) is 44.3 Å². The second-order valence-corrected chi connectivity index (χ2v) is 7.48. The summed E-state index contributed by atoms with van der Waals surface area (Å²) in [7, 11) is 1.80. The van der Waals surface area contributed by atoms with Crippen molar-refractivity contribution in [2.75, 3.05) is 20.2 Å². The van der Waals surface area contributed by atoms with E-state index in [1.807, 2.05) is 43.0 Å². The van der Waals surface area contributed by atoms with Gasteiger partial charge in [-0.25, -0.2) is 0 Å². The first kappa shape index (κ1) is 19.4. The zero-order chi connectivity index (χ0) is 18.6. The van der Waals surface area contributed by atoms with Crippen molar-refractivity contribution in [2.45, 2.75) is 46.2 Å². The lowest BCUT2D eigenvalue weighted by Crippen LogP contribution is -2.46. The number of likely N-dealkylation sites (tertiary alicyclic amines) is 1. The van der Waals surface area contributed by atoms with Crippen LogP contribution in [0.1, 0.15) is 49.5 Å². The minimum atomic E-state index is -0.0223. The van der Waals surface area contributed by atoms with E-state index in [0.29, 0.717) is 18.7 Å². The summed E-state index contributed by atoms with van der Waals surface area (Å²) in [5.41, 5.74) is 1.67. The Bertz CT molecular complexity index is 597. The van der Waals surface area contributed by atoms with Gasteiger partial charge < -0.3 is 14.9 Å². The minimum absolute atomic E-state index is 0.0174. The summed E-state index contributed by atoms with van der Waals surface area (Å²) in [5, 5.41) is 9.38. The maximum atomic E-state index is 12.8. The monoisotopic (exact) mass is 346 g/mol. The molecule has 2 atom stereocenters. The molecular weight excluding hydrogens is 316 g/mol. The highest BCUT2D eigenvalue weighted by molar-refractivity contribution is 5.94. The molecule has 0 saturated carbocycles. The van der Waals surface area contributed by atoms with Crippen molar-refractivity contribution in [3.63, 3.8) is 0 Å². The third-order valence-corrected chi connectivity index (χ3v) is 4.99. The topological polar surface area (TPSA) is 60.9 Å². The van der Waals surface area contributed by atoms with E-state index in [0.717, 1.165) is 18.4 Å². The maximum absolute atomic E-state index is 12.8. The van der Waals surface area contributed by atoms with Crippen molar-refractivity contribution >= 4 is 11.8 Å². The fourth-order valence-corrected chi connectivity index (χ4v) is 3.33. The van der Waals surface area contributed by atoms with Crippen LogP contribution in [0.4, 0.5) is 0 Å². The molecule has 0 bridgehead atoms. The first-order valence-corrected chi connectivity index (χ1v) is 9.09. The average Bonchev–Trinajstić information content (AvgIpc) is 2.61. The van der Waals surface area contributed by atoms with E-state index in [9.17, 15) is 14.7 Å². The van der Waals surface area contributed by atoms with E-state index in [2.05, 4.69) is 6.92 Å². The number of nitrogens with zero attached hydrogens (tertiary/aromatic N) is 2. The molecule has 0 aliphatic carbocycles. The van der Waals surface area contributed by atoms with Crippen molar-refractivity contribution in [2.24, 2.45) is 11.8 Å². The van der Waals surface area contributed by atoms with Gasteiger partial charge in [0.05, 0.1) is 0 Å². The van der Waals surface area contributed by atoms with Crippen LogP contribution in [-0.2, 0) is 11.3 Å². The molecule has 0 radical (unpaired) electrons. The molecule has 5 nitrogen and oxygen atoms in total. The van der Waals surface area contributed by atoms with Gasteiger partial charge in [-0.1, -0.05) is 26.0 Å². The van der Waals surface area contributed by atoms with E-state index >= 15 is 0 Å². The van der Waals surface area contributed by atoms with Crippen LogP contribution in [0.5, 0.6) is 0 Å². The number of carbonyl (C=O) groups excluding carboxylic acids is 2. The molecule has 2 amide bonds. The number of hydrogen-bond acceptors (Lipinski definition) is 3. The number of aliphatic hydroxyl groups excluding tert-OH is 1. The minimum Gasteiger partial charge on any atom is -0.396 e. The molecule has 0 aromatic heterocycles. The summed E-state index contributed by atoms with van der Waals surface area (Å²) in [6, 6.07) is 7.69. The number of carbonyl (C=O) groups is 2. The van der Waals surface area contributed by atoms with Crippen molar-refractivity contribution in [3.8, 4) is 0 Å². The summed E-state index contributed by atoms with van der Waals surface area (Å²) in [4.78, 5) is 28.3. The van der Waals surface area contributed by atoms with Gasteiger partial charge >= 0.3 is 0 Å². The Kier molecular flexibility index (Phi) is 6.59. The van der Waals surface area contributed by atoms with Gasteiger partial charge in [-0.05, 0) is 43.4 Å². The summed E-state index contributed by atoms with van der Waals surface area (Å²) in [6.07, 6.45) is 1.90. The largest absolute Gasteiger partial charge is 0.396 e. The third kappa shape index (κ3) is 4.82. The molecule has 1 aliphatic rings. The lowest BCUT2D eigenvalue weighted by atomic mass is 9.93. The molecule has 1 saturated heterocycles. The summed E-state index contributed by atoms with van der Waals surface area (Å²) in [6.45, 7) is 7.13. The SMILES string of the molecule is CC(C)C(=O)N(C)Cc1ccc(C(=O)N2CC(CO)CCC2C)cc1. The van der Waals surface area contributed by atoms with Crippen LogP contribution in [-0.4, -0.2) is 53.0 Å². The predicted octanol–water partition coefficient (Wildman–Crippen LogP) is 2.53. The number of rotatable bonds is 5. The molecule has 1 aliphatic heterocycles. The van der Waals surface area contributed by atoms with Crippen LogP contribution in [0.25, 0.3) is 0 Å². The smallest absolute Gasteiger partial charge is 0.254 e. The lowest BCUT2D eigenvalue weighted by molar-refractivity contribution is -0.133. The van der Waals surface area contributed by atoms with E-state index in [-0.39, 0.29) is 36.3 Å². The first-order valence-electron chi connectivity index (χ1n) is 9.09. The number of hydrogen-bond donors (Lipinski definition) is 1. The highest BCUT2D eigenvalue weighted by atomic mass is 16.3. The van der Waals surface area contributed by atoms with Crippen molar-refractivity contribution in [1.82, 2.24) is 9.80 Å². The molecule has 1 N–H and O–H groups in total. The third-order valence-electron chi connectivity index (χ3n) is 4.99. The molecule has 1 aromatic rings. The van der Waals surface area contributed by atoms with E-state index in [1.165, 1.54) is 0 Å². The molecule has 5 heteroatoms. The average molecular weight is 346 g/mol. The zero-order valence-corrected chi connectivity index (χ0v) is 15.7. The Morgan fingerprint density at radius 1 is 1.24 bits per heavy atom. The first-order chi connectivity index (χ1) is 11.8. The van der Waals surface area contributed by atoms with Crippen molar-refractivity contribution in [3.05, 3.63) is 35.4 Å². The maximum Gasteiger partial charge on any atom is 0.254 e. The molecule has 138 valence electrons.